The van der Waals surface area contributed by atoms with Crippen LogP contribution in [-0.4, -0.2) is 23.1 Å². The van der Waals surface area contributed by atoms with Crippen molar-refractivity contribution in [2.24, 2.45) is 0 Å². The lowest BCUT2D eigenvalue weighted by molar-refractivity contribution is 0.590. The first kappa shape index (κ1) is 11.1. The van der Waals surface area contributed by atoms with Crippen LogP contribution in [0.25, 0.3) is 10.9 Å². The summed E-state index contributed by atoms with van der Waals surface area (Å²) in [6.45, 7) is 1.60. The van der Waals surface area contributed by atoms with Crippen molar-refractivity contribution in [2.45, 2.75) is 12.8 Å². The molecule has 0 saturated carbocycles. The van der Waals surface area contributed by atoms with Crippen molar-refractivity contribution in [3.8, 4) is 0 Å². The monoisotopic (exact) mass is 251 g/mol. The fraction of sp³-hybridized carbons (Fsp3) is 0.333. The molecule has 94 valence electrons. The molecule has 2 aromatic rings. The zero-order valence-corrected chi connectivity index (χ0v) is 9.54. The Morgan fingerprint density at radius 3 is 2.67 bits per heavy atom. The molecule has 0 spiro atoms. The number of aromatic nitrogens is 2. The van der Waals surface area contributed by atoms with Crippen molar-refractivity contribution in [2.75, 3.05) is 18.0 Å². The van der Waals surface area contributed by atoms with Crippen LogP contribution in [0.3, 0.4) is 0 Å². The van der Waals surface area contributed by atoms with Crippen LogP contribution >= 0.6 is 0 Å². The van der Waals surface area contributed by atoms with Crippen LogP contribution in [0.2, 0.25) is 0 Å². The summed E-state index contributed by atoms with van der Waals surface area (Å²) in [4.78, 5) is 20.4. The second kappa shape index (κ2) is 4.04. The minimum absolute atomic E-state index is 0.0538. The molecule has 0 aliphatic carbocycles. The minimum Gasteiger partial charge on any atom is -0.342 e. The summed E-state index contributed by atoms with van der Waals surface area (Å²) in [6, 6.07) is 1.77. The SMILES string of the molecule is O=c1[nH]c(N2CCCC2)nc2cc(F)cc(F)c12. The summed E-state index contributed by atoms with van der Waals surface area (Å²) >= 11 is 0. The van der Waals surface area contributed by atoms with Crippen molar-refractivity contribution in [1.82, 2.24) is 9.97 Å². The zero-order valence-electron chi connectivity index (χ0n) is 9.54. The zero-order chi connectivity index (χ0) is 12.7. The number of rotatable bonds is 1. The van der Waals surface area contributed by atoms with E-state index < -0.39 is 17.2 Å². The number of nitrogens with one attached hydrogen (secondary N) is 1. The van der Waals surface area contributed by atoms with Gasteiger partial charge in [-0.1, -0.05) is 0 Å². The Balaban J connectivity index is 2.23. The maximum atomic E-state index is 13.5. The highest BCUT2D eigenvalue weighted by molar-refractivity contribution is 5.79. The van der Waals surface area contributed by atoms with Crippen LogP contribution in [-0.2, 0) is 0 Å². The first-order chi connectivity index (χ1) is 8.65. The van der Waals surface area contributed by atoms with Crippen LogP contribution in [0.5, 0.6) is 0 Å². The first-order valence-corrected chi connectivity index (χ1v) is 5.79. The third-order valence-electron chi connectivity index (χ3n) is 3.12. The highest BCUT2D eigenvalue weighted by Crippen LogP contribution is 2.19. The van der Waals surface area contributed by atoms with Crippen molar-refractivity contribution in [3.63, 3.8) is 0 Å². The van der Waals surface area contributed by atoms with E-state index in [4.69, 9.17) is 0 Å². The molecule has 1 N–H and O–H groups in total. The molecule has 4 nitrogen and oxygen atoms in total. The van der Waals surface area contributed by atoms with Gasteiger partial charge >= 0.3 is 0 Å². The van der Waals surface area contributed by atoms with E-state index in [9.17, 15) is 13.6 Å². The number of aromatic amines is 1. The fourth-order valence-electron chi connectivity index (χ4n) is 2.26. The van der Waals surface area contributed by atoms with E-state index in [1.54, 1.807) is 0 Å². The summed E-state index contributed by atoms with van der Waals surface area (Å²) < 4.78 is 26.6. The van der Waals surface area contributed by atoms with Crippen LogP contribution in [0.15, 0.2) is 16.9 Å². The standard InChI is InChI=1S/C12H11F2N3O/c13-7-5-8(14)10-9(6-7)15-12(16-11(10)18)17-3-1-2-4-17/h5-6H,1-4H2,(H,15,16,18). The molecule has 1 aliphatic heterocycles. The van der Waals surface area contributed by atoms with Gasteiger partial charge in [-0.3, -0.25) is 9.78 Å². The summed E-state index contributed by atoms with van der Waals surface area (Å²) in [5.41, 5.74) is -0.516. The third-order valence-corrected chi connectivity index (χ3v) is 3.12. The molecule has 0 radical (unpaired) electrons. The lowest BCUT2D eigenvalue weighted by Gasteiger charge is -2.15. The van der Waals surface area contributed by atoms with Crippen LogP contribution in [0.1, 0.15) is 12.8 Å². The summed E-state index contributed by atoms with van der Waals surface area (Å²) in [7, 11) is 0. The smallest absolute Gasteiger partial charge is 0.263 e. The van der Waals surface area contributed by atoms with Gasteiger partial charge in [0, 0.05) is 25.2 Å². The van der Waals surface area contributed by atoms with E-state index in [0.29, 0.717) is 12.0 Å². The second-order valence-electron chi connectivity index (χ2n) is 4.37. The molecule has 1 fully saturated rings. The number of H-pyrrole nitrogens is 1. The number of nitrogens with zero attached hydrogens (tertiary/aromatic N) is 2. The molecule has 6 heteroatoms. The number of hydrogen-bond donors (Lipinski definition) is 1. The van der Waals surface area contributed by atoms with Gasteiger partial charge in [-0.15, -0.1) is 0 Å². The Morgan fingerprint density at radius 1 is 1.22 bits per heavy atom. The van der Waals surface area contributed by atoms with Gasteiger partial charge in [0.1, 0.15) is 17.0 Å². The molecule has 2 heterocycles. The van der Waals surface area contributed by atoms with Crippen molar-refractivity contribution in [3.05, 3.63) is 34.1 Å². The van der Waals surface area contributed by atoms with Gasteiger partial charge in [0.25, 0.3) is 5.56 Å². The lowest BCUT2D eigenvalue weighted by atomic mass is 10.2. The average Bonchev–Trinajstić information content (AvgIpc) is 2.80. The Hall–Kier alpha value is -1.98. The van der Waals surface area contributed by atoms with Crippen LogP contribution in [0.4, 0.5) is 14.7 Å². The molecule has 1 aromatic heterocycles. The number of halogens is 2. The maximum absolute atomic E-state index is 13.5. The Kier molecular flexibility index (Phi) is 2.50. The molecular weight excluding hydrogens is 240 g/mol. The van der Waals surface area contributed by atoms with Gasteiger partial charge < -0.3 is 4.90 Å². The van der Waals surface area contributed by atoms with Crippen molar-refractivity contribution in [1.29, 1.82) is 0 Å². The summed E-state index contributed by atoms with van der Waals surface area (Å²) in [5.74, 6) is -1.23. The number of fused-ring (bicyclic) bond motifs is 1. The predicted molar refractivity (Wildman–Crippen MR) is 63.7 cm³/mol. The molecule has 0 bridgehead atoms. The quantitative estimate of drug-likeness (QED) is 0.840. The van der Waals surface area contributed by atoms with Crippen LogP contribution in [0, 0.1) is 11.6 Å². The van der Waals surface area contributed by atoms with Gasteiger partial charge in [-0.05, 0) is 12.8 Å². The molecule has 0 atom stereocenters. The van der Waals surface area contributed by atoms with Gasteiger partial charge in [0.2, 0.25) is 5.95 Å². The Bertz CT molecular complexity index is 662. The van der Waals surface area contributed by atoms with E-state index in [-0.39, 0.29) is 10.9 Å². The second-order valence-corrected chi connectivity index (χ2v) is 4.37. The highest BCUT2D eigenvalue weighted by atomic mass is 19.1. The molecule has 0 unspecified atom stereocenters. The molecule has 1 aromatic carbocycles. The van der Waals surface area contributed by atoms with Gasteiger partial charge in [-0.2, -0.15) is 0 Å². The largest absolute Gasteiger partial charge is 0.342 e. The van der Waals surface area contributed by atoms with Crippen molar-refractivity contribution < 1.29 is 8.78 Å². The normalized spacial score (nSPS) is 15.6. The van der Waals surface area contributed by atoms with E-state index in [1.165, 1.54) is 0 Å². The molecule has 0 amide bonds. The van der Waals surface area contributed by atoms with Crippen molar-refractivity contribution >= 4 is 16.9 Å². The fourth-order valence-corrected chi connectivity index (χ4v) is 2.26. The number of benzene rings is 1. The number of hydrogen-bond acceptors (Lipinski definition) is 3. The average molecular weight is 251 g/mol. The molecular formula is C12H11F2N3O. The third kappa shape index (κ3) is 1.73. The first-order valence-electron chi connectivity index (χ1n) is 5.79. The van der Waals surface area contributed by atoms with E-state index in [0.717, 1.165) is 32.0 Å². The predicted octanol–water partition coefficient (Wildman–Crippen LogP) is 1.80. The molecule has 1 aliphatic rings. The molecule has 3 rings (SSSR count). The lowest BCUT2D eigenvalue weighted by Crippen LogP contribution is -2.24. The minimum atomic E-state index is -0.883. The van der Waals surface area contributed by atoms with Gasteiger partial charge in [0.15, 0.2) is 0 Å². The van der Waals surface area contributed by atoms with E-state index in [1.807, 2.05) is 4.90 Å². The van der Waals surface area contributed by atoms with E-state index in [2.05, 4.69) is 9.97 Å². The molecule has 1 saturated heterocycles. The topological polar surface area (TPSA) is 49.0 Å². The number of anilines is 1. The van der Waals surface area contributed by atoms with Crippen LogP contribution < -0.4 is 10.5 Å². The van der Waals surface area contributed by atoms with Gasteiger partial charge in [-0.25, -0.2) is 13.8 Å². The summed E-state index contributed by atoms with van der Waals surface area (Å²) in [6.07, 6.45) is 2.05. The Morgan fingerprint density at radius 2 is 1.94 bits per heavy atom. The maximum Gasteiger partial charge on any atom is 0.263 e. The van der Waals surface area contributed by atoms with E-state index >= 15 is 0 Å². The Labute approximate surface area is 101 Å². The highest BCUT2D eigenvalue weighted by Gasteiger charge is 2.17. The van der Waals surface area contributed by atoms with Gasteiger partial charge in [0.05, 0.1) is 5.52 Å². The summed E-state index contributed by atoms with van der Waals surface area (Å²) in [5, 5.41) is -0.195. The molecule has 18 heavy (non-hydrogen) atoms.